The maximum Gasteiger partial charge on any atom is 0.573 e. The number of aromatic nitrogens is 3. The average Bonchev–Trinajstić information content (AvgIpc) is 3.08. The number of amides is 1. The predicted molar refractivity (Wildman–Crippen MR) is 113 cm³/mol. The molecular weight excluding hydrogens is 510 g/mol. The number of rotatable bonds is 5. The SMILES string of the molecule is Cc1ccc(N2C(=O)C(=O)C(C(O)c3ccc(C(F)(F)F)nc3)C2c2ccc(OC(F)(F)F)cc2)nn1. The van der Waals surface area contributed by atoms with Crippen molar-refractivity contribution in [2.45, 2.75) is 31.6 Å². The number of anilines is 1. The molecule has 14 heteroatoms. The van der Waals surface area contributed by atoms with Crippen LogP contribution in [0.4, 0.5) is 32.2 Å². The lowest BCUT2D eigenvalue weighted by atomic mass is 9.85. The molecule has 0 aliphatic carbocycles. The molecule has 8 nitrogen and oxygen atoms in total. The minimum atomic E-state index is -4.96. The van der Waals surface area contributed by atoms with Gasteiger partial charge in [-0.05, 0) is 48.4 Å². The van der Waals surface area contributed by atoms with Crippen LogP contribution in [0.1, 0.15) is 34.7 Å². The van der Waals surface area contributed by atoms with Crippen LogP contribution in [0.2, 0.25) is 0 Å². The van der Waals surface area contributed by atoms with Crippen LogP contribution in [0.25, 0.3) is 0 Å². The van der Waals surface area contributed by atoms with E-state index in [9.17, 15) is 41.0 Å². The molecule has 1 fully saturated rings. The zero-order valence-corrected chi connectivity index (χ0v) is 18.7. The number of pyridine rings is 1. The van der Waals surface area contributed by atoms with Crippen LogP contribution in [-0.4, -0.2) is 38.3 Å². The highest BCUT2D eigenvalue weighted by Crippen LogP contribution is 2.45. The minimum absolute atomic E-state index is 0.0789. The monoisotopic (exact) mass is 526 g/mol. The Bertz CT molecular complexity index is 1300. The van der Waals surface area contributed by atoms with Crippen LogP contribution in [-0.2, 0) is 15.8 Å². The Labute approximate surface area is 204 Å². The number of hydrogen-bond donors (Lipinski definition) is 1. The summed E-state index contributed by atoms with van der Waals surface area (Å²) < 4.78 is 80.3. The molecule has 1 saturated heterocycles. The smallest absolute Gasteiger partial charge is 0.406 e. The van der Waals surface area contributed by atoms with Gasteiger partial charge in [-0.25, -0.2) is 0 Å². The summed E-state index contributed by atoms with van der Waals surface area (Å²) in [5, 5.41) is 18.8. The first-order valence-corrected chi connectivity index (χ1v) is 10.5. The Kier molecular flexibility index (Phi) is 6.62. The van der Waals surface area contributed by atoms with Crippen molar-refractivity contribution >= 4 is 17.5 Å². The van der Waals surface area contributed by atoms with Crippen LogP contribution >= 0.6 is 0 Å². The lowest BCUT2D eigenvalue weighted by molar-refractivity contribution is -0.274. The molecule has 2 aromatic heterocycles. The van der Waals surface area contributed by atoms with Crippen molar-refractivity contribution in [3.05, 3.63) is 77.2 Å². The fourth-order valence-corrected chi connectivity index (χ4v) is 3.95. The largest absolute Gasteiger partial charge is 0.573 e. The molecule has 3 heterocycles. The third-order valence-electron chi connectivity index (χ3n) is 5.59. The number of alkyl halides is 6. The number of nitrogens with zero attached hydrogens (tertiary/aromatic N) is 4. The summed E-state index contributed by atoms with van der Waals surface area (Å²) in [6, 6.07) is 7.36. The first kappa shape index (κ1) is 26.0. The Morgan fingerprint density at radius 2 is 1.62 bits per heavy atom. The van der Waals surface area contributed by atoms with Crippen molar-refractivity contribution in [2.24, 2.45) is 5.92 Å². The van der Waals surface area contributed by atoms with Crippen LogP contribution in [0, 0.1) is 12.8 Å². The van der Waals surface area contributed by atoms with E-state index in [0.29, 0.717) is 11.8 Å². The number of ketones is 1. The quantitative estimate of drug-likeness (QED) is 0.394. The van der Waals surface area contributed by atoms with Crippen molar-refractivity contribution in [2.75, 3.05) is 4.90 Å². The van der Waals surface area contributed by atoms with Crippen molar-refractivity contribution in [3.63, 3.8) is 0 Å². The zero-order valence-electron chi connectivity index (χ0n) is 18.7. The Balaban J connectivity index is 1.77. The van der Waals surface area contributed by atoms with E-state index in [-0.39, 0.29) is 16.9 Å². The number of ether oxygens (including phenoxy) is 1. The van der Waals surface area contributed by atoms with Crippen molar-refractivity contribution in [3.8, 4) is 5.75 Å². The molecular formula is C23H16F6N4O4. The topological polar surface area (TPSA) is 106 Å². The molecule has 1 N–H and O–H groups in total. The number of aliphatic hydroxyl groups excluding tert-OH is 1. The number of carbonyl (C=O) groups excluding carboxylic acids is 2. The van der Waals surface area contributed by atoms with Gasteiger partial charge >= 0.3 is 12.5 Å². The number of Topliss-reactive ketones (excluding diaryl/α,β-unsaturated/α-hetero) is 1. The van der Waals surface area contributed by atoms with Gasteiger partial charge in [0.25, 0.3) is 5.91 Å². The Morgan fingerprint density at radius 1 is 0.946 bits per heavy atom. The highest BCUT2D eigenvalue weighted by Gasteiger charge is 2.53. The molecule has 0 saturated carbocycles. The van der Waals surface area contributed by atoms with E-state index >= 15 is 0 Å². The van der Waals surface area contributed by atoms with E-state index in [2.05, 4.69) is 19.9 Å². The molecule has 1 aromatic carbocycles. The summed E-state index contributed by atoms with van der Waals surface area (Å²) in [7, 11) is 0. The summed E-state index contributed by atoms with van der Waals surface area (Å²) in [6.07, 6.45) is -10.8. The van der Waals surface area contributed by atoms with E-state index in [0.717, 1.165) is 41.4 Å². The van der Waals surface area contributed by atoms with Crippen LogP contribution < -0.4 is 9.64 Å². The lowest BCUT2D eigenvalue weighted by Crippen LogP contribution is -2.31. The molecule has 1 amide bonds. The van der Waals surface area contributed by atoms with Gasteiger partial charge in [0.15, 0.2) is 5.82 Å². The van der Waals surface area contributed by atoms with E-state index in [4.69, 9.17) is 0 Å². The van der Waals surface area contributed by atoms with Gasteiger partial charge < -0.3 is 9.84 Å². The fraction of sp³-hybridized carbons (Fsp3) is 0.261. The molecule has 3 aromatic rings. The van der Waals surface area contributed by atoms with Gasteiger partial charge in [-0.15, -0.1) is 18.3 Å². The summed E-state index contributed by atoms with van der Waals surface area (Å²) in [5.41, 5.74) is -0.803. The van der Waals surface area contributed by atoms with Crippen LogP contribution in [0.5, 0.6) is 5.75 Å². The minimum Gasteiger partial charge on any atom is -0.406 e. The number of aryl methyl sites for hydroxylation is 1. The summed E-state index contributed by atoms with van der Waals surface area (Å²) >= 11 is 0. The third-order valence-corrected chi connectivity index (χ3v) is 5.59. The van der Waals surface area contributed by atoms with Gasteiger partial charge in [0.05, 0.1) is 23.8 Å². The molecule has 1 aliphatic rings. The van der Waals surface area contributed by atoms with Gasteiger partial charge in [0.2, 0.25) is 5.78 Å². The molecule has 3 unspecified atom stereocenters. The number of halogens is 6. The van der Waals surface area contributed by atoms with Gasteiger partial charge in [0, 0.05) is 6.20 Å². The number of benzene rings is 1. The molecule has 3 atom stereocenters. The molecule has 1 aliphatic heterocycles. The van der Waals surface area contributed by atoms with E-state index < -0.39 is 53.7 Å². The zero-order chi connectivity index (χ0) is 27.1. The second-order valence-electron chi connectivity index (χ2n) is 8.08. The molecule has 0 radical (unpaired) electrons. The van der Waals surface area contributed by atoms with Gasteiger partial charge in [-0.3, -0.25) is 19.5 Å². The maximum absolute atomic E-state index is 13.1. The third kappa shape index (κ3) is 5.38. The molecule has 37 heavy (non-hydrogen) atoms. The van der Waals surface area contributed by atoms with Crippen molar-refractivity contribution in [1.29, 1.82) is 0 Å². The van der Waals surface area contributed by atoms with Gasteiger partial charge in [-0.1, -0.05) is 18.2 Å². The summed E-state index contributed by atoms with van der Waals surface area (Å²) in [5.74, 6) is -4.40. The Hall–Kier alpha value is -4.07. The standard InChI is InChI=1S/C23H16F6N4O4/c1-11-2-9-16(32-31-11)33-18(12-3-6-14(7-4-12)37-23(27,28)29)17(20(35)21(33)36)19(34)13-5-8-15(30-10-13)22(24,25)26/h2-10,17-19,34H,1H3. The summed E-state index contributed by atoms with van der Waals surface area (Å²) in [6.45, 7) is 1.62. The number of aliphatic hydroxyl groups is 1. The normalized spacial score (nSPS) is 19.3. The van der Waals surface area contributed by atoms with E-state index in [1.54, 1.807) is 6.92 Å². The highest BCUT2D eigenvalue weighted by molar-refractivity contribution is 6.44. The predicted octanol–water partition coefficient (Wildman–Crippen LogP) is 4.10. The maximum atomic E-state index is 13.1. The van der Waals surface area contributed by atoms with Crippen LogP contribution in [0.15, 0.2) is 54.7 Å². The average molecular weight is 526 g/mol. The van der Waals surface area contributed by atoms with Gasteiger partial charge in [0.1, 0.15) is 11.4 Å². The van der Waals surface area contributed by atoms with Gasteiger partial charge in [-0.2, -0.15) is 18.3 Å². The molecule has 194 valence electrons. The Morgan fingerprint density at radius 3 is 2.14 bits per heavy atom. The van der Waals surface area contributed by atoms with Crippen LogP contribution in [0.3, 0.4) is 0 Å². The number of hydrogen-bond acceptors (Lipinski definition) is 7. The van der Waals surface area contributed by atoms with E-state index in [1.807, 2.05) is 0 Å². The number of carbonyl (C=O) groups is 2. The molecule has 0 spiro atoms. The second-order valence-corrected chi connectivity index (χ2v) is 8.08. The fourth-order valence-electron chi connectivity index (χ4n) is 3.95. The lowest BCUT2D eigenvalue weighted by Gasteiger charge is -2.29. The summed E-state index contributed by atoms with van der Waals surface area (Å²) in [4.78, 5) is 30.3. The van der Waals surface area contributed by atoms with E-state index in [1.165, 1.54) is 12.1 Å². The molecule has 4 rings (SSSR count). The second kappa shape index (κ2) is 9.42. The molecule has 0 bridgehead atoms. The first-order chi connectivity index (χ1) is 17.3. The highest BCUT2D eigenvalue weighted by atomic mass is 19.4. The first-order valence-electron chi connectivity index (χ1n) is 10.5. The van der Waals surface area contributed by atoms with Crippen molar-refractivity contribution < 1.29 is 45.8 Å². The van der Waals surface area contributed by atoms with Crippen molar-refractivity contribution in [1.82, 2.24) is 15.2 Å².